The molecule has 0 bridgehead atoms. The Morgan fingerprint density at radius 1 is 1.13 bits per heavy atom. The van der Waals surface area contributed by atoms with Crippen molar-refractivity contribution in [3.05, 3.63) is 39.4 Å². The second-order valence-electron chi connectivity index (χ2n) is 3.68. The number of hydrogen-bond donors (Lipinski definition) is 0. The van der Waals surface area contributed by atoms with Gasteiger partial charge in [0.05, 0.1) is 4.92 Å². The van der Waals surface area contributed by atoms with Gasteiger partial charge in [-0.1, -0.05) is 44.9 Å². The molecule has 0 aliphatic rings. The summed E-state index contributed by atoms with van der Waals surface area (Å²) < 4.78 is 0. The molecule has 1 aromatic carbocycles. The van der Waals surface area contributed by atoms with E-state index in [9.17, 15) is 10.1 Å². The molecule has 0 heterocycles. The van der Waals surface area contributed by atoms with Gasteiger partial charge in [0, 0.05) is 11.1 Å². The third kappa shape index (κ3) is 2.78. The molecule has 82 valence electrons. The van der Waals surface area contributed by atoms with Crippen LogP contribution in [0, 0.1) is 10.1 Å². The number of nitro benzene ring substituents is 1. The minimum atomic E-state index is -0.240. The Hall–Kier alpha value is -1.38. The molecule has 0 amide bonds. The van der Waals surface area contributed by atoms with Crippen LogP contribution in [0.5, 0.6) is 0 Å². The Balaban J connectivity index is 3.15. The minimum absolute atomic E-state index is 0.240. The molecule has 0 atom stereocenters. The Morgan fingerprint density at radius 3 is 1.93 bits per heavy atom. The van der Waals surface area contributed by atoms with Crippen LogP contribution in [0.25, 0.3) is 0 Å². The van der Waals surface area contributed by atoms with Gasteiger partial charge in [0.1, 0.15) is 0 Å². The molecule has 0 radical (unpaired) electrons. The second kappa shape index (κ2) is 5.49. The van der Waals surface area contributed by atoms with E-state index in [1.165, 1.54) is 0 Å². The maximum absolute atomic E-state index is 11.0. The van der Waals surface area contributed by atoms with Crippen molar-refractivity contribution in [3.8, 4) is 0 Å². The summed E-state index contributed by atoms with van der Waals surface area (Å²) in [5, 5.41) is 11.0. The van der Waals surface area contributed by atoms with E-state index in [4.69, 9.17) is 0 Å². The van der Waals surface area contributed by atoms with Gasteiger partial charge in [0.2, 0.25) is 0 Å². The maximum Gasteiger partial charge on any atom is 0.275 e. The maximum atomic E-state index is 11.0. The number of nitro groups is 1. The first-order valence-corrected chi connectivity index (χ1v) is 5.45. The summed E-state index contributed by atoms with van der Waals surface area (Å²) in [7, 11) is 0. The zero-order chi connectivity index (χ0) is 11.3. The highest BCUT2D eigenvalue weighted by Gasteiger charge is 2.17. The van der Waals surface area contributed by atoms with Crippen LogP contribution >= 0.6 is 0 Å². The zero-order valence-electron chi connectivity index (χ0n) is 9.32. The van der Waals surface area contributed by atoms with Crippen molar-refractivity contribution in [1.29, 1.82) is 0 Å². The molecule has 0 N–H and O–H groups in total. The fourth-order valence-corrected chi connectivity index (χ4v) is 1.82. The van der Waals surface area contributed by atoms with Crippen molar-refractivity contribution in [2.45, 2.75) is 39.5 Å². The standard InChI is InChI=1S/C12H17NO2/c1-3-6-10-8-5-9-11(7-4-2)12(10)13(14)15/h5,8-9H,3-4,6-7H2,1-2H3. The second-order valence-corrected chi connectivity index (χ2v) is 3.68. The van der Waals surface area contributed by atoms with Crippen molar-refractivity contribution in [3.63, 3.8) is 0 Å². The summed E-state index contributed by atoms with van der Waals surface area (Å²) in [4.78, 5) is 10.8. The Labute approximate surface area is 90.3 Å². The average molecular weight is 207 g/mol. The van der Waals surface area contributed by atoms with Crippen molar-refractivity contribution in [2.24, 2.45) is 0 Å². The molecule has 0 aromatic heterocycles. The molecule has 3 heteroatoms. The lowest BCUT2D eigenvalue weighted by Crippen LogP contribution is -2.00. The van der Waals surface area contributed by atoms with Gasteiger partial charge < -0.3 is 0 Å². The van der Waals surface area contributed by atoms with Gasteiger partial charge in [-0.15, -0.1) is 0 Å². The molecule has 0 saturated heterocycles. The molecule has 0 fully saturated rings. The summed E-state index contributed by atoms with van der Waals surface area (Å²) in [6.07, 6.45) is 3.45. The highest BCUT2D eigenvalue weighted by Crippen LogP contribution is 2.25. The van der Waals surface area contributed by atoms with E-state index in [1.807, 2.05) is 32.0 Å². The van der Waals surface area contributed by atoms with E-state index in [0.717, 1.165) is 36.8 Å². The number of rotatable bonds is 5. The van der Waals surface area contributed by atoms with Crippen LogP contribution in [0.15, 0.2) is 18.2 Å². The lowest BCUT2D eigenvalue weighted by Gasteiger charge is -2.06. The predicted molar refractivity (Wildman–Crippen MR) is 61.1 cm³/mol. The van der Waals surface area contributed by atoms with Gasteiger partial charge in [0.15, 0.2) is 0 Å². The Kier molecular flexibility index (Phi) is 4.28. The number of nitrogens with zero attached hydrogens (tertiary/aromatic N) is 1. The van der Waals surface area contributed by atoms with Crippen LogP contribution < -0.4 is 0 Å². The van der Waals surface area contributed by atoms with Crippen LogP contribution in [0.1, 0.15) is 37.8 Å². The molecule has 0 aliphatic heterocycles. The molecule has 0 saturated carbocycles. The Bertz CT molecular complexity index is 323. The summed E-state index contributed by atoms with van der Waals surface area (Å²) in [5.74, 6) is 0. The first kappa shape index (κ1) is 11.7. The number of para-hydroxylation sites is 1. The van der Waals surface area contributed by atoms with Crippen LogP contribution in [-0.4, -0.2) is 4.92 Å². The van der Waals surface area contributed by atoms with E-state index in [0.29, 0.717) is 5.69 Å². The quantitative estimate of drug-likeness (QED) is 0.547. The molecule has 0 aliphatic carbocycles. The number of hydrogen-bond acceptors (Lipinski definition) is 2. The highest BCUT2D eigenvalue weighted by molar-refractivity contribution is 5.48. The molecular weight excluding hydrogens is 190 g/mol. The third-order valence-electron chi connectivity index (χ3n) is 2.42. The van der Waals surface area contributed by atoms with Crippen molar-refractivity contribution >= 4 is 5.69 Å². The summed E-state index contributed by atoms with van der Waals surface area (Å²) >= 11 is 0. The van der Waals surface area contributed by atoms with Gasteiger partial charge in [0.25, 0.3) is 5.69 Å². The van der Waals surface area contributed by atoms with Gasteiger partial charge >= 0.3 is 0 Å². The van der Waals surface area contributed by atoms with Crippen LogP contribution in [0.4, 0.5) is 5.69 Å². The van der Waals surface area contributed by atoms with E-state index >= 15 is 0 Å². The van der Waals surface area contributed by atoms with E-state index in [2.05, 4.69) is 0 Å². The fraction of sp³-hybridized carbons (Fsp3) is 0.500. The zero-order valence-corrected chi connectivity index (χ0v) is 9.32. The number of benzene rings is 1. The molecule has 0 spiro atoms. The lowest BCUT2D eigenvalue weighted by molar-refractivity contribution is -0.386. The average Bonchev–Trinajstić information content (AvgIpc) is 2.18. The molecule has 1 aromatic rings. The summed E-state index contributed by atoms with van der Waals surface area (Å²) in [5.41, 5.74) is 2.07. The van der Waals surface area contributed by atoms with E-state index < -0.39 is 0 Å². The predicted octanol–water partition coefficient (Wildman–Crippen LogP) is 3.50. The topological polar surface area (TPSA) is 43.1 Å². The third-order valence-corrected chi connectivity index (χ3v) is 2.42. The van der Waals surface area contributed by atoms with Crippen LogP contribution in [0.3, 0.4) is 0 Å². The van der Waals surface area contributed by atoms with Crippen LogP contribution in [0.2, 0.25) is 0 Å². The van der Waals surface area contributed by atoms with Crippen LogP contribution in [-0.2, 0) is 12.8 Å². The fourth-order valence-electron chi connectivity index (χ4n) is 1.82. The molecule has 1 rings (SSSR count). The first-order chi connectivity index (χ1) is 7.20. The molecule has 15 heavy (non-hydrogen) atoms. The van der Waals surface area contributed by atoms with Gasteiger partial charge in [-0.25, -0.2) is 0 Å². The van der Waals surface area contributed by atoms with Gasteiger partial charge in [-0.3, -0.25) is 10.1 Å². The van der Waals surface area contributed by atoms with E-state index in [1.54, 1.807) is 0 Å². The first-order valence-electron chi connectivity index (χ1n) is 5.45. The highest BCUT2D eigenvalue weighted by atomic mass is 16.6. The SMILES string of the molecule is CCCc1cccc(CCC)c1[N+](=O)[O-]. The normalized spacial score (nSPS) is 10.3. The van der Waals surface area contributed by atoms with Crippen molar-refractivity contribution in [2.75, 3.05) is 0 Å². The van der Waals surface area contributed by atoms with E-state index in [-0.39, 0.29) is 4.92 Å². The summed E-state index contributed by atoms with van der Waals surface area (Å²) in [6.45, 7) is 4.08. The largest absolute Gasteiger partial charge is 0.275 e. The Morgan fingerprint density at radius 2 is 1.60 bits per heavy atom. The minimum Gasteiger partial charge on any atom is -0.258 e. The van der Waals surface area contributed by atoms with Gasteiger partial charge in [-0.2, -0.15) is 0 Å². The summed E-state index contributed by atoms with van der Waals surface area (Å²) in [6, 6.07) is 5.64. The van der Waals surface area contributed by atoms with Gasteiger partial charge in [-0.05, 0) is 12.8 Å². The number of aryl methyl sites for hydroxylation is 2. The molecule has 0 unspecified atom stereocenters. The van der Waals surface area contributed by atoms with Crippen molar-refractivity contribution < 1.29 is 4.92 Å². The monoisotopic (exact) mass is 207 g/mol. The van der Waals surface area contributed by atoms with Crippen molar-refractivity contribution in [1.82, 2.24) is 0 Å². The molecule has 3 nitrogen and oxygen atoms in total. The smallest absolute Gasteiger partial charge is 0.258 e. The lowest BCUT2D eigenvalue weighted by atomic mass is 10.0. The molecular formula is C12H17NO2.